The topological polar surface area (TPSA) is 43.9 Å². The van der Waals surface area contributed by atoms with Crippen LogP contribution in [0.4, 0.5) is 0 Å². The van der Waals surface area contributed by atoms with Gasteiger partial charge >= 0.3 is 0 Å². The lowest BCUT2D eigenvalue weighted by atomic mass is 10.1. The summed E-state index contributed by atoms with van der Waals surface area (Å²) in [5, 5.41) is 0. The van der Waals surface area contributed by atoms with Crippen LogP contribution in [0, 0.1) is 0 Å². The van der Waals surface area contributed by atoms with Crippen LogP contribution in [0.1, 0.15) is 25.7 Å². The Morgan fingerprint density at radius 1 is 1.26 bits per heavy atom. The predicted molar refractivity (Wildman–Crippen MR) is 77.6 cm³/mol. The Morgan fingerprint density at radius 3 is 2.63 bits per heavy atom. The number of hydrogen-bond donors (Lipinski definition) is 0. The van der Waals surface area contributed by atoms with E-state index in [1.165, 1.54) is 10.7 Å². The van der Waals surface area contributed by atoms with E-state index in [0.717, 1.165) is 12.8 Å². The van der Waals surface area contributed by atoms with Crippen molar-refractivity contribution in [1.29, 1.82) is 0 Å². The fourth-order valence-electron chi connectivity index (χ4n) is 3.08. The van der Waals surface area contributed by atoms with Gasteiger partial charge in [0.25, 0.3) is 10.2 Å². The van der Waals surface area contributed by atoms with Gasteiger partial charge in [0.15, 0.2) is 0 Å². The van der Waals surface area contributed by atoms with Crippen LogP contribution >= 0.6 is 11.6 Å². The van der Waals surface area contributed by atoms with E-state index in [1.54, 1.807) is 11.4 Å². The Bertz CT molecular complexity index is 404. The molecule has 7 heteroatoms. The van der Waals surface area contributed by atoms with Crippen molar-refractivity contribution in [2.24, 2.45) is 0 Å². The molecule has 2 fully saturated rings. The lowest BCUT2D eigenvalue weighted by molar-refractivity contribution is 0.245. The Morgan fingerprint density at radius 2 is 1.95 bits per heavy atom. The van der Waals surface area contributed by atoms with E-state index >= 15 is 0 Å². The molecule has 0 aromatic heterocycles. The van der Waals surface area contributed by atoms with Gasteiger partial charge in [0.2, 0.25) is 0 Å². The number of likely N-dealkylation sites (N-methyl/N-ethyl adjacent to an activating group) is 1. The van der Waals surface area contributed by atoms with Gasteiger partial charge in [-0.05, 0) is 32.7 Å². The fourth-order valence-corrected chi connectivity index (χ4v) is 4.65. The van der Waals surface area contributed by atoms with Crippen LogP contribution in [-0.2, 0) is 10.2 Å². The molecular weight excluding hydrogens is 286 g/mol. The third kappa shape index (κ3) is 3.24. The third-order valence-corrected chi connectivity index (χ3v) is 6.66. The molecule has 0 radical (unpaired) electrons. The standard InChI is InChI=1S/C12H24ClN3O2S/c1-14(8-3-7-13)19(17,18)16-9-6-11-4-5-12(10-16)15(11)2/h11-12H,3-10H2,1-2H3. The first-order valence-corrected chi connectivity index (χ1v) is 8.89. The summed E-state index contributed by atoms with van der Waals surface area (Å²) in [5.74, 6) is 0.493. The number of halogens is 1. The molecule has 2 saturated heterocycles. The van der Waals surface area contributed by atoms with E-state index in [4.69, 9.17) is 11.6 Å². The molecule has 2 rings (SSSR count). The molecule has 0 amide bonds. The highest BCUT2D eigenvalue weighted by Crippen LogP contribution is 2.29. The zero-order valence-electron chi connectivity index (χ0n) is 11.8. The van der Waals surface area contributed by atoms with Crippen LogP contribution in [0.15, 0.2) is 0 Å². The molecule has 2 atom stereocenters. The second kappa shape index (κ2) is 6.26. The summed E-state index contributed by atoms with van der Waals surface area (Å²) in [6.07, 6.45) is 3.95. The van der Waals surface area contributed by atoms with Gasteiger partial charge < -0.3 is 0 Å². The van der Waals surface area contributed by atoms with E-state index in [0.29, 0.717) is 44.0 Å². The second-order valence-corrected chi connectivity index (χ2v) is 7.98. The van der Waals surface area contributed by atoms with Crippen molar-refractivity contribution in [2.45, 2.75) is 37.8 Å². The molecule has 0 spiro atoms. The van der Waals surface area contributed by atoms with Gasteiger partial charge in [-0.25, -0.2) is 0 Å². The number of hydrogen-bond acceptors (Lipinski definition) is 3. The summed E-state index contributed by atoms with van der Waals surface area (Å²) in [5.41, 5.74) is 0. The highest BCUT2D eigenvalue weighted by molar-refractivity contribution is 7.86. The Hall–Kier alpha value is 0.120. The van der Waals surface area contributed by atoms with Crippen molar-refractivity contribution in [1.82, 2.24) is 13.5 Å². The molecule has 19 heavy (non-hydrogen) atoms. The Labute approximate surface area is 121 Å². The summed E-state index contributed by atoms with van der Waals surface area (Å²) in [7, 11) is 0.446. The van der Waals surface area contributed by atoms with E-state index in [9.17, 15) is 8.42 Å². The molecule has 0 aromatic rings. The number of fused-ring (bicyclic) bond motifs is 2. The van der Waals surface area contributed by atoms with Crippen molar-refractivity contribution in [3.8, 4) is 0 Å². The van der Waals surface area contributed by atoms with Crippen LogP contribution in [0.25, 0.3) is 0 Å². The van der Waals surface area contributed by atoms with Crippen LogP contribution in [0.5, 0.6) is 0 Å². The normalized spacial score (nSPS) is 29.9. The van der Waals surface area contributed by atoms with Gasteiger partial charge in [0.1, 0.15) is 0 Å². The number of alkyl halides is 1. The summed E-state index contributed by atoms with van der Waals surface area (Å²) in [6.45, 7) is 1.76. The predicted octanol–water partition coefficient (Wildman–Crippen LogP) is 0.960. The molecule has 0 aromatic carbocycles. The monoisotopic (exact) mass is 309 g/mol. The highest BCUT2D eigenvalue weighted by atomic mass is 35.5. The Kier molecular flexibility index (Phi) is 5.11. The zero-order valence-corrected chi connectivity index (χ0v) is 13.3. The van der Waals surface area contributed by atoms with Crippen molar-refractivity contribution in [3.63, 3.8) is 0 Å². The maximum absolute atomic E-state index is 12.5. The summed E-state index contributed by atoms with van der Waals surface area (Å²) in [6, 6.07) is 0.932. The van der Waals surface area contributed by atoms with Gasteiger partial charge in [-0.1, -0.05) is 0 Å². The summed E-state index contributed by atoms with van der Waals surface area (Å²) < 4.78 is 28.1. The van der Waals surface area contributed by atoms with Gasteiger partial charge in [0.05, 0.1) is 0 Å². The molecule has 2 heterocycles. The molecule has 2 bridgehead atoms. The van der Waals surface area contributed by atoms with E-state index in [-0.39, 0.29) is 0 Å². The van der Waals surface area contributed by atoms with Gasteiger partial charge in [-0.2, -0.15) is 17.0 Å². The average Bonchev–Trinajstić information content (AvgIpc) is 2.59. The van der Waals surface area contributed by atoms with Crippen LogP contribution in [0.3, 0.4) is 0 Å². The van der Waals surface area contributed by atoms with Crippen molar-refractivity contribution in [3.05, 3.63) is 0 Å². The summed E-state index contributed by atoms with van der Waals surface area (Å²) in [4.78, 5) is 2.36. The first-order valence-electron chi connectivity index (χ1n) is 6.96. The maximum atomic E-state index is 12.5. The van der Waals surface area contributed by atoms with Crippen LogP contribution < -0.4 is 0 Å². The van der Waals surface area contributed by atoms with E-state index in [1.807, 2.05) is 0 Å². The first kappa shape index (κ1) is 15.5. The number of nitrogens with zero attached hydrogens (tertiary/aromatic N) is 3. The van der Waals surface area contributed by atoms with Gasteiger partial charge in [-0.15, -0.1) is 11.6 Å². The first-order chi connectivity index (χ1) is 8.96. The smallest absolute Gasteiger partial charge is 0.281 e. The largest absolute Gasteiger partial charge is 0.299 e. The average molecular weight is 310 g/mol. The molecule has 5 nitrogen and oxygen atoms in total. The minimum Gasteiger partial charge on any atom is -0.299 e. The SMILES string of the molecule is CN1C2CCC1CN(S(=O)(=O)N(C)CCCCl)CC2. The van der Waals surface area contributed by atoms with Gasteiger partial charge in [-0.3, -0.25) is 4.90 Å². The van der Waals surface area contributed by atoms with E-state index in [2.05, 4.69) is 11.9 Å². The molecule has 2 unspecified atom stereocenters. The van der Waals surface area contributed by atoms with Crippen LogP contribution in [0.2, 0.25) is 0 Å². The van der Waals surface area contributed by atoms with Crippen LogP contribution in [-0.4, -0.2) is 73.6 Å². The van der Waals surface area contributed by atoms with Crippen molar-refractivity contribution >= 4 is 21.8 Å². The lowest BCUT2D eigenvalue weighted by Crippen LogP contribution is -2.46. The minimum atomic E-state index is -3.32. The quantitative estimate of drug-likeness (QED) is 0.711. The fraction of sp³-hybridized carbons (Fsp3) is 1.00. The van der Waals surface area contributed by atoms with Crippen molar-refractivity contribution in [2.75, 3.05) is 39.6 Å². The molecule has 0 N–H and O–H groups in total. The minimum absolute atomic E-state index is 0.378. The zero-order chi connectivity index (χ0) is 14.0. The molecule has 0 aliphatic carbocycles. The molecule has 2 aliphatic heterocycles. The summed E-state index contributed by atoms with van der Waals surface area (Å²) >= 11 is 5.64. The maximum Gasteiger partial charge on any atom is 0.281 e. The molecule has 112 valence electrons. The third-order valence-electron chi connectivity index (χ3n) is 4.44. The molecular formula is C12H24ClN3O2S. The van der Waals surface area contributed by atoms with Crippen molar-refractivity contribution < 1.29 is 8.42 Å². The lowest BCUT2D eigenvalue weighted by Gasteiger charge is -2.29. The molecule has 0 saturated carbocycles. The van der Waals surface area contributed by atoms with Gasteiger partial charge in [0, 0.05) is 44.6 Å². The highest BCUT2D eigenvalue weighted by Gasteiger charge is 2.39. The molecule has 2 aliphatic rings. The van der Waals surface area contributed by atoms with E-state index < -0.39 is 10.2 Å². The Balaban J connectivity index is 2.04. The number of rotatable bonds is 5. The second-order valence-electron chi connectivity index (χ2n) is 5.57.